The zero-order valence-corrected chi connectivity index (χ0v) is 15.0. The summed E-state index contributed by atoms with van der Waals surface area (Å²) in [6.07, 6.45) is 2.46. The highest BCUT2D eigenvalue weighted by atomic mass is 19.1. The van der Waals surface area contributed by atoms with E-state index in [1.54, 1.807) is 18.2 Å². The van der Waals surface area contributed by atoms with E-state index in [4.69, 9.17) is 19.5 Å². The first-order valence-corrected chi connectivity index (χ1v) is 8.47. The normalized spacial score (nSPS) is 9.86. The van der Waals surface area contributed by atoms with Crippen LogP contribution in [0.1, 0.15) is 28.8 Å². The lowest BCUT2D eigenvalue weighted by atomic mass is 10.2. The van der Waals surface area contributed by atoms with Crippen molar-refractivity contribution in [3.8, 4) is 17.6 Å². The van der Waals surface area contributed by atoms with Crippen LogP contribution in [-0.2, 0) is 9.53 Å². The second kappa shape index (κ2) is 10.5. The number of benzene rings is 2. The van der Waals surface area contributed by atoms with Crippen LogP contribution < -0.4 is 9.47 Å². The third-order valence-corrected chi connectivity index (χ3v) is 3.58. The maximum atomic E-state index is 13.6. The summed E-state index contributed by atoms with van der Waals surface area (Å²) in [5.41, 5.74) is 0.147. The van der Waals surface area contributed by atoms with Crippen molar-refractivity contribution < 1.29 is 28.2 Å². The van der Waals surface area contributed by atoms with Gasteiger partial charge in [-0.1, -0.05) is 6.58 Å². The van der Waals surface area contributed by atoms with Crippen LogP contribution in [0, 0.1) is 17.1 Å². The monoisotopic (exact) mass is 383 g/mol. The van der Waals surface area contributed by atoms with E-state index in [9.17, 15) is 14.0 Å². The number of hydrogen-bond acceptors (Lipinski definition) is 6. The minimum absolute atomic E-state index is 0.0129. The molecule has 0 aromatic heterocycles. The number of halogens is 1. The van der Waals surface area contributed by atoms with Gasteiger partial charge in [-0.3, -0.25) is 0 Å². The Hall–Kier alpha value is -3.66. The molecule has 6 nitrogen and oxygen atoms in total. The van der Waals surface area contributed by atoms with E-state index >= 15 is 0 Å². The van der Waals surface area contributed by atoms with Gasteiger partial charge < -0.3 is 14.2 Å². The van der Waals surface area contributed by atoms with Gasteiger partial charge in [0.25, 0.3) is 0 Å². The minimum atomic E-state index is -0.754. The molecule has 0 N–H and O–H groups in total. The highest BCUT2D eigenvalue weighted by Crippen LogP contribution is 2.19. The summed E-state index contributed by atoms with van der Waals surface area (Å²) in [5.74, 6) is -1.27. The average Bonchev–Trinajstić information content (AvgIpc) is 2.71. The number of ether oxygens (including phenoxy) is 3. The Morgan fingerprint density at radius 2 is 1.75 bits per heavy atom. The molecule has 0 heterocycles. The molecule has 0 bridgehead atoms. The van der Waals surface area contributed by atoms with E-state index in [2.05, 4.69) is 6.58 Å². The van der Waals surface area contributed by atoms with Gasteiger partial charge in [-0.25, -0.2) is 14.0 Å². The van der Waals surface area contributed by atoms with Crippen molar-refractivity contribution in [1.82, 2.24) is 0 Å². The van der Waals surface area contributed by atoms with E-state index in [1.165, 1.54) is 24.3 Å². The Labute approximate surface area is 161 Å². The van der Waals surface area contributed by atoms with E-state index in [0.717, 1.165) is 12.1 Å². The van der Waals surface area contributed by atoms with Crippen molar-refractivity contribution >= 4 is 11.9 Å². The van der Waals surface area contributed by atoms with Crippen LogP contribution in [0.2, 0.25) is 0 Å². The van der Waals surface area contributed by atoms with Crippen LogP contribution in [0.3, 0.4) is 0 Å². The molecule has 144 valence electrons. The molecule has 0 fully saturated rings. The molecule has 0 saturated heterocycles. The molecule has 0 atom stereocenters. The zero-order chi connectivity index (χ0) is 20.4. The minimum Gasteiger partial charge on any atom is -0.494 e. The van der Waals surface area contributed by atoms with Crippen LogP contribution in [0.25, 0.3) is 0 Å². The summed E-state index contributed by atoms with van der Waals surface area (Å²) in [4.78, 5) is 23.0. The first-order valence-electron chi connectivity index (χ1n) is 8.47. The molecular weight excluding hydrogens is 365 g/mol. The maximum absolute atomic E-state index is 13.6. The SMILES string of the molecule is C=CC(=O)OCCCCOc1ccc(C(=O)Oc2ccc(C#N)c(F)c2)cc1. The zero-order valence-electron chi connectivity index (χ0n) is 15.0. The Balaban J connectivity index is 1.79. The van der Waals surface area contributed by atoms with Crippen molar-refractivity contribution in [2.75, 3.05) is 13.2 Å². The molecule has 0 aliphatic heterocycles. The molecule has 7 heteroatoms. The first-order chi connectivity index (χ1) is 13.5. The summed E-state index contributed by atoms with van der Waals surface area (Å²) >= 11 is 0. The van der Waals surface area contributed by atoms with Gasteiger partial charge in [0, 0.05) is 12.1 Å². The van der Waals surface area contributed by atoms with Crippen molar-refractivity contribution in [2.24, 2.45) is 0 Å². The van der Waals surface area contributed by atoms with Gasteiger partial charge in [0.1, 0.15) is 23.4 Å². The fraction of sp³-hybridized carbons (Fsp3) is 0.190. The summed E-state index contributed by atoms with van der Waals surface area (Å²) in [7, 11) is 0. The molecule has 0 spiro atoms. The third kappa shape index (κ3) is 6.25. The lowest BCUT2D eigenvalue weighted by Gasteiger charge is -2.08. The van der Waals surface area contributed by atoms with Crippen molar-refractivity contribution in [1.29, 1.82) is 5.26 Å². The van der Waals surface area contributed by atoms with Gasteiger partial charge in [0.05, 0.1) is 24.3 Å². The van der Waals surface area contributed by atoms with Gasteiger partial charge in [-0.2, -0.15) is 5.26 Å². The number of esters is 2. The topological polar surface area (TPSA) is 85.6 Å². The number of carbonyl (C=O) groups excluding carboxylic acids is 2. The average molecular weight is 383 g/mol. The number of nitrogens with zero attached hydrogens (tertiary/aromatic N) is 1. The Bertz CT molecular complexity index is 887. The van der Waals surface area contributed by atoms with Gasteiger partial charge in [0.2, 0.25) is 0 Å². The Morgan fingerprint density at radius 1 is 1.07 bits per heavy atom. The molecule has 2 rings (SSSR count). The van der Waals surface area contributed by atoms with Gasteiger partial charge in [-0.05, 0) is 49.2 Å². The number of carbonyl (C=O) groups is 2. The van der Waals surface area contributed by atoms with Crippen LogP contribution in [0.5, 0.6) is 11.5 Å². The summed E-state index contributed by atoms with van der Waals surface area (Å²) < 4.78 is 29.0. The molecule has 0 amide bonds. The second-order valence-corrected chi connectivity index (χ2v) is 5.59. The van der Waals surface area contributed by atoms with E-state index in [1.807, 2.05) is 0 Å². The second-order valence-electron chi connectivity index (χ2n) is 5.59. The summed E-state index contributed by atoms with van der Waals surface area (Å²) in [5, 5.41) is 8.70. The van der Waals surface area contributed by atoms with Gasteiger partial charge >= 0.3 is 11.9 Å². The molecule has 0 unspecified atom stereocenters. The van der Waals surface area contributed by atoms with Crippen LogP contribution >= 0.6 is 0 Å². The standard InChI is InChI=1S/C21H18FNO5/c1-2-20(24)27-12-4-3-11-26-17-8-5-15(6-9-17)21(25)28-18-10-7-16(14-23)19(22)13-18/h2,5-10,13H,1,3-4,11-12H2. The summed E-state index contributed by atoms with van der Waals surface area (Å²) in [6.45, 7) is 4.04. The number of unbranched alkanes of at least 4 members (excludes halogenated alkanes) is 1. The van der Waals surface area contributed by atoms with Crippen molar-refractivity contribution in [3.63, 3.8) is 0 Å². The molecule has 0 aliphatic carbocycles. The van der Waals surface area contributed by atoms with Gasteiger partial charge in [0.15, 0.2) is 0 Å². The fourth-order valence-corrected chi connectivity index (χ4v) is 2.13. The highest BCUT2D eigenvalue weighted by Gasteiger charge is 2.11. The molecule has 2 aromatic carbocycles. The van der Waals surface area contributed by atoms with Crippen molar-refractivity contribution in [3.05, 3.63) is 72.1 Å². The number of hydrogen-bond donors (Lipinski definition) is 0. The van der Waals surface area contributed by atoms with E-state index in [0.29, 0.717) is 31.8 Å². The fourth-order valence-electron chi connectivity index (χ4n) is 2.13. The lowest BCUT2D eigenvalue weighted by molar-refractivity contribution is -0.137. The number of rotatable bonds is 9. The van der Waals surface area contributed by atoms with Gasteiger partial charge in [-0.15, -0.1) is 0 Å². The number of nitriles is 1. The molecule has 0 saturated carbocycles. The third-order valence-electron chi connectivity index (χ3n) is 3.58. The van der Waals surface area contributed by atoms with E-state index in [-0.39, 0.29) is 16.9 Å². The Kier molecular flexibility index (Phi) is 7.73. The largest absolute Gasteiger partial charge is 0.494 e. The van der Waals surface area contributed by atoms with Crippen molar-refractivity contribution in [2.45, 2.75) is 12.8 Å². The highest BCUT2D eigenvalue weighted by molar-refractivity contribution is 5.91. The molecule has 28 heavy (non-hydrogen) atoms. The molecule has 0 aliphatic rings. The quantitative estimate of drug-likeness (QED) is 0.283. The van der Waals surface area contributed by atoms with Crippen LogP contribution in [0.15, 0.2) is 55.1 Å². The molecule has 2 aromatic rings. The molecular formula is C21H18FNO5. The lowest BCUT2D eigenvalue weighted by Crippen LogP contribution is -2.09. The van der Waals surface area contributed by atoms with Crippen LogP contribution in [0.4, 0.5) is 4.39 Å². The predicted octanol–water partition coefficient (Wildman–Crippen LogP) is 3.80. The molecule has 0 radical (unpaired) electrons. The first kappa shape index (κ1) is 20.6. The maximum Gasteiger partial charge on any atom is 0.343 e. The Morgan fingerprint density at radius 3 is 2.39 bits per heavy atom. The summed E-state index contributed by atoms with van der Waals surface area (Å²) in [6, 6.07) is 11.6. The smallest absolute Gasteiger partial charge is 0.343 e. The van der Waals surface area contributed by atoms with E-state index < -0.39 is 17.8 Å². The predicted molar refractivity (Wildman–Crippen MR) is 98.4 cm³/mol. The van der Waals surface area contributed by atoms with Crippen LogP contribution in [-0.4, -0.2) is 25.2 Å².